The topological polar surface area (TPSA) is 89.3 Å². The van der Waals surface area contributed by atoms with Crippen molar-refractivity contribution in [1.82, 2.24) is 0 Å². The van der Waals surface area contributed by atoms with Crippen LogP contribution in [0.1, 0.15) is 17.9 Å². The number of rotatable bonds is 5. The molecule has 0 saturated heterocycles. The van der Waals surface area contributed by atoms with E-state index in [0.717, 1.165) is 18.7 Å². The Bertz CT molecular complexity index is 850. The maximum Gasteiger partial charge on any atom is 0.270 e. The van der Waals surface area contributed by atoms with Gasteiger partial charge in [-0.25, -0.2) is 8.42 Å². The van der Waals surface area contributed by atoms with Gasteiger partial charge in [-0.15, -0.1) is 0 Å². The Hall–Kier alpha value is -2.41. The first-order valence-corrected chi connectivity index (χ1v) is 9.05. The van der Waals surface area contributed by atoms with Gasteiger partial charge in [0.05, 0.1) is 15.5 Å². The summed E-state index contributed by atoms with van der Waals surface area (Å²) in [4.78, 5) is 10.2. The second-order valence-corrected chi connectivity index (χ2v) is 7.70. The van der Waals surface area contributed by atoms with Crippen molar-refractivity contribution < 1.29 is 13.3 Å². The number of sulfone groups is 1. The van der Waals surface area contributed by atoms with Crippen LogP contribution in [0.3, 0.4) is 0 Å². The normalized spacial score (nSPS) is 20.0. The number of nitro benzene ring substituents is 1. The smallest absolute Gasteiger partial charge is 0.270 e. The first-order chi connectivity index (χ1) is 10.9. The molecule has 1 aliphatic rings. The number of nitro groups is 1. The highest BCUT2D eigenvalue weighted by molar-refractivity contribution is 7.90. The fourth-order valence-electron chi connectivity index (χ4n) is 2.67. The van der Waals surface area contributed by atoms with E-state index in [4.69, 9.17) is 0 Å². The zero-order valence-corrected chi connectivity index (χ0v) is 13.3. The van der Waals surface area contributed by atoms with Crippen LogP contribution in [0.5, 0.6) is 0 Å². The number of hydrogen-bond donors (Lipinski definition) is 1. The van der Waals surface area contributed by atoms with Crippen LogP contribution < -0.4 is 5.32 Å². The molecule has 0 spiro atoms. The fraction of sp³-hybridized carbons (Fsp3) is 0.250. The molecule has 1 N–H and O–H groups in total. The van der Waals surface area contributed by atoms with Crippen molar-refractivity contribution >= 4 is 21.2 Å². The van der Waals surface area contributed by atoms with E-state index in [1.165, 1.54) is 17.7 Å². The van der Waals surface area contributed by atoms with Gasteiger partial charge in [-0.2, -0.15) is 0 Å². The largest absolute Gasteiger partial charge is 0.381 e. The van der Waals surface area contributed by atoms with E-state index in [9.17, 15) is 18.5 Å². The summed E-state index contributed by atoms with van der Waals surface area (Å²) in [5.74, 6) is 0.332. The predicted molar refractivity (Wildman–Crippen MR) is 87.4 cm³/mol. The van der Waals surface area contributed by atoms with Gasteiger partial charge in [0.2, 0.25) is 0 Å². The Kier molecular flexibility index (Phi) is 3.81. The highest BCUT2D eigenvalue weighted by Gasteiger charge is 2.39. The summed E-state index contributed by atoms with van der Waals surface area (Å²) >= 11 is 0. The van der Waals surface area contributed by atoms with Gasteiger partial charge in [-0.3, -0.25) is 10.1 Å². The number of hydrogen-bond acceptors (Lipinski definition) is 5. The van der Waals surface area contributed by atoms with Gasteiger partial charge in [0.25, 0.3) is 5.69 Å². The molecule has 1 saturated carbocycles. The number of benzene rings is 2. The van der Waals surface area contributed by atoms with Gasteiger partial charge in [0.15, 0.2) is 9.84 Å². The SMILES string of the molecule is CS(=O)(=O)c1cc([N+](=O)[O-])ccc1NC1CC1c1ccccc1. The second kappa shape index (κ2) is 5.66. The maximum atomic E-state index is 11.9. The summed E-state index contributed by atoms with van der Waals surface area (Å²) in [6, 6.07) is 14.0. The molecule has 2 aromatic rings. The van der Waals surface area contributed by atoms with Gasteiger partial charge < -0.3 is 5.32 Å². The Morgan fingerprint density at radius 2 is 1.87 bits per heavy atom. The molecule has 1 fully saturated rings. The van der Waals surface area contributed by atoms with Crippen LogP contribution in [0, 0.1) is 10.1 Å². The molecule has 0 bridgehead atoms. The minimum absolute atomic E-state index is 0.0367. The molecule has 0 aromatic heterocycles. The summed E-state index contributed by atoms with van der Waals surface area (Å²) < 4.78 is 23.8. The first kappa shape index (κ1) is 15.5. The first-order valence-electron chi connectivity index (χ1n) is 7.16. The van der Waals surface area contributed by atoms with Crippen LogP contribution in [0.15, 0.2) is 53.4 Å². The molecule has 2 unspecified atom stereocenters. The quantitative estimate of drug-likeness (QED) is 0.671. The molecule has 2 atom stereocenters. The zero-order valence-electron chi connectivity index (χ0n) is 12.5. The molecule has 2 aromatic carbocycles. The van der Waals surface area contributed by atoms with Crippen LogP contribution in [-0.4, -0.2) is 25.6 Å². The minimum Gasteiger partial charge on any atom is -0.381 e. The van der Waals surface area contributed by atoms with Crippen molar-refractivity contribution in [2.45, 2.75) is 23.3 Å². The summed E-state index contributed by atoms with van der Waals surface area (Å²) in [5, 5.41) is 14.1. The number of non-ortho nitro benzene ring substituents is 1. The third-order valence-corrected chi connectivity index (χ3v) is 5.07. The van der Waals surface area contributed by atoms with Crippen molar-refractivity contribution in [2.75, 3.05) is 11.6 Å². The van der Waals surface area contributed by atoms with E-state index < -0.39 is 14.8 Å². The van der Waals surface area contributed by atoms with Crippen molar-refractivity contribution in [3.05, 3.63) is 64.2 Å². The average Bonchev–Trinajstić information content (AvgIpc) is 3.26. The van der Waals surface area contributed by atoms with Crippen LogP contribution in [0.25, 0.3) is 0 Å². The van der Waals surface area contributed by atoms with Crippen LogP contribution in [-0.2, 0) is 9.84 Å². The summed E-state index contributed by atoms with van der Waals surface area (Å²) in [6.07, 6.45) is 1.96. The van der Waals surface area contributed by atoms with E-state index in [1.54, 1.807) is 0 Å². The lowest BCUT2D eigenvalue weighted by Gasteiger charge is -2.11. The van der Waals surface area contributed by atoms with Crippen molar-refractivity contribution in [3.8, 4) is 0 Å². The van der Waals surface area contributed by atoms with E-state index in [-0.39, 0.29) is 16.6 Å². The van der Waals surface area contributed by atoms with E-state index >= 15 is 0 Å². The van der Waals surface area contributed by atoms with E-state index in [1.807, 2.05) is 30.3 Å². The predicted octanol–water partition coefficient (Wildman–Crippen LogP) is 2.97. The van der Waals surface area contributed by atoms with Crippen molar-refractivity contribution in [3.63, 3.8) is 0 Å². The Labute approximate surface area is 134 Å². The Morgan fingerprint density at radius 3 is 2.48 bits per heavy atom. The number of nitrogens with one attached hydrogen (secondary N) is 1. The zero-order chi connectivity index (χ0) is 16.6. The molecule has 0 heterocycles. The Balaban J connectivity index is 1.85. The fourth-order valence-corrected chi connectivity index (χ4v) is 3.53. The third kappa shape index (κ3) is 3.34. The number of anilines is 1. The monoisotopic (exact) mass is 332 g/mol. The van der Waals surface area contributed by atoms with Gasteiger partial charge in [0, 0.05) is 30.3 Å². The lowest BCUT2D eigenvalue weighted by molar-refractivity contribution is -0.385. The molecular weight excluding hydrogens is 316 g/mol. The molecule has 120 valence electrons. The van der Waals surface area contributed by atoms with E-state index in [2.05, 4.69) is 5.32 Å². The van der Waals surface area contributed by atoms with Crippen LogP contribution >= 0.6 is 0 Å². The van der Waals surface area contributed by atoms with Gasteiger partial charge in [0.1, 0.15) is 0 Å². The second-order valence-electron chi connectivity index (χ2n) is 5.71. The molecule has 0 amide bonds. The van der Waals surface area contributed by atoms with Crippen LogP contribution in [0.4, 0.5) is 11.4 Å². The minimum atomic E-state index is -3.56. The molecule has 0 radical (unpaired) electrons. The molecule has 3 rings (SSSR count). The lowest BCUT2D eigenvalue weighted by atomic mass is 10.1. The molecule has 0 aliphatic heterocycles. The summed E-state index contributed by atoms with van der Waals surface area (Å²) in [6.45, 7) is 0. The standard InChI is InChI=1S/C16H16N2O4S/c1-23(21,22)16-9-12(18(19)20)7-8-14(16)17-15-10-13(15)11-5-3-2-4-6-11/h2-9,13,15,17H,10H2,1H3. The average molecular weight is 332 g/mol. The van der Waals surface area contributed by atoms with Gasteiger partial charge >= 0.3 is 0 Å². The van der Waals surface area contributed by atoms with Crippen molar-refractivity contribution in [1.29, 1.82) is 0 Å². The highest BCUT2D eigenvalue weighted by Crippen LogP contribution is 2.43. The van der Waals surface area contributed by atoms with Gasteiger partial charge in [-0.05, 0) is 18.1 Å². The third-order valence-electron chi connectivity index (χ3n) is 3.93. The lowest BCUT2D eigenvalue weighted by Crippen LogP contribution is -2.09. The highest BCUT2D eigenvalue weighted by atomic mass is 32.2. The molecule has 1 aliphatic carbocycles. The Morgan fingerprint density at radius 1 is 1.17 bits per heavy atom. The van der Waals surface area contributed by atoms with Crippen molar-refractivity contribution in [2.24, 2.45) is 0 Å². The number of nitrogens with zero attached hydrogens (tertiary/aromatic N) is 1. The van der Waals surface area contributed by atoms with E-state index in [0.29, 0.717) is 11.6 Å². The summed E-state index contributed by atoms with van der Waals surface area (Å²) in [5.41, 5.74) is 1.39. The molecule has 6 nitrogen and oxygen atoms in total. The molecular formula is C16H16N2O4S. The van der Waals surface area contributed by atoms with Gasteiger partial charge in [-0.1, -0.05) is 30.3 Å². The molecule has 23 heavy (non-hydrogen) atoms. The summed E-state index contributed by atoms with van der Waals surface area (Å²) in [7, 11) is -3.56. The maximum absolute atomic E-state index is 11.9. The van der Waals surface area contributed by atoms with Crippen LogP contribution in [0.2, 0.25) is 0 Å². The molecule has 7 heteroatoms.